The second-order valence-electron chi connectivity index (χ2n) is 4.12. The predicted molar refractivity (Wildman–Crippen MR) is 68.3 cm³/mol. The lowest BCUT2D eigenvalue weighted by molar-refractivity contribution is 0.0946. The SMILES string of the molecule is CN(C)S(=O)(=O)C1N=C(N)C(c2ccccc2)O1. The van der Waals surface area contributed by atoms with Crippen molar-refractivity contribution in [2.45, 2.75) is 11.7 Å². The van der Waals surface area contributed by atoms with Crippen LogP contribution in [0.3, 0.4) is 0 Å². The maximum Gasteiger partial charge on any atom is 0.269 e. The number of rotatable bonds is 3. The molecule has 2 atom stereocenters. The zero-order valence-electron chi connectivity index (χ0n) is 10.1. The monoisotopic (exact) mass is 269 g/mol. The van der Waals surface area contributed by atoms with Gasteiger partial charge in [-0.15, -0.1) is 0 Å². The van der Waals surface area contributed by atoms with Crippen LogP contribution in [0.15, 0.2) is 35.3 Å². The third-order valence-electron chi connectivity index (χ3n) is 2.64. The molecule has 7 heteroatoms. The van der Waals surface area contributed by atoms with E-state index < -0.39 is 21.7 Å². The Morgan fingerprint density at radius 3 is 2.44 bits per heavy atom. The van der Waals surface area contributed by atoms with Crippen molar-refractivity contribution in [3.05, 3.63) is 35.9 Å². The lowest BCUT2D eigenvalue weighted by Gasteiger charge is -2.17. The molecule has 98 valence electrons. The highest BCUT2D eigenvalue weighted by atomic mass is 32.2. The van der Waals surface area contributed by atoms with Crippen LogP contribution in [-0.4, -0.2) is 38.2 Å². The van der Waals surface area contributed by atoms with Crippen molar-refractivity contribution in [3.8, 4) is 0 Å². The topological polar surface area (TPSA) is 85.0 Å². The molecule has 1 aromatic rings. The van der Waals surface area contributed by atoms with Crippen LogP contribution in [0, 0.1) is 0 Å². The van der Waals surface area contributed by atoms with Gasteiger partial charge in [-0.3, -0.25) is 0 Å². The molecule has 0 fully saturated rings. The average Bonchev–Trinajstić information content (AvgIpc) is 2.73. The number of nitrogens with two attached hydrogens (primary N) is 1. The summed E-state index contributed by atoms with van der Waals surface area (Å²) < 4.78 is 30.3. The molecule has 1 aromatic carbocycles. The molecule has 2 rings (SSSR count). The summed E-state index contributed by atoms with van der Waals surface area (Å²) in [5, 5.41) is 0. The molecule has 1 aliphatic heterocycles. The van der Waals surface area contributed by atoms with Gasteiger partial charge in [0.15, 0.2) is 0 Å². The number of nitrogens with zero attached hydrogens (tertiary/aromatic N) is 2. The van der Waals surface area contributed by atoms with Crippen LogP contribution in [0.5, 0.6) is 0 Å². The second-order valence-corrected chi connectivity index (χ2v) is 6.28. The molecule has 2 N–H and O–H groups in total. The van der Waals surface area contributed by atoms with Gasteiger partial charge in [-0.05, 0) is 5.56 Å². The van der Waals surface area contributed by atoms with E-state index in [0.717, 1.165) is 9.87 Å². The summed E-state index contributed by atoms with van der Waals surface area (Å²) in [7, 11) is -0.745. The van der Waals surface area contributed by atoms with Gasteiger partial charge in [-0.1, -0.05) is 30.3 Å². The van der Waals surface area contributed by atoms with Crippen LogP contribution in [0.25, 0.3) is 0 Å². The highest BCUT2D eigenvalue weighted by Crippen LogP contribution is 2.28. The zero-order valence-corrected chi connectivity index (χ0v) is 11.0. The molecule has 1 aliphatic rings. The molecular formula is C11H15N3O3S. The molecule has 0 saturated carbocycles. The molecule has 0 spiro atoms. The minimum Gasteiger partial charge on any atom is -0.385 e. The molecule has 0 radical (unpaired) electrons. The first-order chi connectivity index (χ1) is 8.43. The maximum absolute atomic E-state index is 11.9. The summed E-state index contributed by atoms with van der Waals surface area (Å²) in [5.41, 5.74) is 5.26. The molecule has 0 aliphatic carbocycles. The van der Waals surface area contributed by atoms with E-state index >= 15 is 0 Å². The molecule has 0 bridgehead atoms. The van der Waals surface area contributed by atoms with Crippen LogP contribution < -0.4 is 5.73 Å². The van der Waals surface area contributed by atoms with Crippen LogP contribution in [0.4, 0.5) is 0 Å². The minimum absolute atomic E-state index is 0.177. The number of amidine groups is 1. The van der Waals surface area contributed by atoms with Crippen LogP contribution in [-0.2, 0) is 14.8 Å². The Balaban J connectivity index is 2.26. The quantitative estimate of drug-likeness (QED) is 0.854. The first kappa shape index (κ1) is 13.0. The number of ether oxygens (including phenoxy) is 1. The van der Waals surface area contributed by atoms with E-state index in [1.54, 1.807) is 0 Å². The van der Waals surface area contributed by atoms with Crippen molar-refractivity contribution >= 4 is 15.9 Å². The molecule has 18 heavy (non-hydrogen) atoms. The molecule has 0 amide bonds. The van der Waals surface area contributed by atoms with Crippen molar-refractivity contribution < 1.29 is 13.2 Å². The summed E-state index contributed by atoms with van der Waals surface area (Å²) in [5.74, 6) is 0.177. The van der Waals surface area contributed by atoms with Crippen molar-refractivity contribution in [1.29, 1.82) is 0 Å². The number of hydrogen-bond acceptors (Lipinski definition) is 5. The molecule has 0 aromatic heterocycles. The fraction of sp³-hybridized carbons (Fsp3) is 0.364. The van der Waals surface area contributed by atoms with E-state index in [-0.39, 0.29) is 5.84 Å². The summed E-state index contributed by atoms with van der Waals surface area (Å²) in [4.78, 5) is 3.88. The van der Waals surface area contributed by atoms with Gasteiger partial charge in [0.2, 0.25) is 0 Å². The van der Waals surface area contributed by atoms with Gasteiger partial charge in [-0.2, -0.15) is 0 Å². The zero-order chi connectivity index (χ0) is 13.3. The minimum atomic E-state index is -3.61. The van der Waals surface area contributed by atoms with E-state index in [2.05, 4.69) is 4.99 Å². The summed E-state index contributed by atoms with van der Waals surface area (Å²) in [6.07, 6.45) is -0.606. The van der Waals surface area contributed by atoms with Gasteiger partial charge < -0.3 is 10.5 Å². The van der Waals surface area contributed by atoms with Gasteiger partial charge in [-0.25, -0.2) is 17.7 Å². The molecule has 0 saturated heterocycles. The van der Waals surface area contributed by atoms with E-state index in [0.29, 0.717) is 0 Å². The second kappa shape index (κ2) is 4.68. The van der Waals surface area contributed by atoms with Gasteiger partial charge in [0, 0.05) is 14.1 Å². The first-order valence-corrected chi connectivity index (χ1v) is 6.88. The fourth-order valence-electron chi connectivity index (χ4n) is 1.60. The largest absolute Gasteiger partial charge is 0.385 e. The van der Waals surface area contributed by atoms with Gasteiger partial charge in [0.25, 0.3) is 15.6 Å². The molecule has 1 heterocycles. The predicted octanol–water partition coefficient (Wildman–Crippen LogP) is 0.290. The van der Waals surface area contributed by atoms with Crippen molar-refractivity contribution in [2.75, 3.05) is 14.1 Å². The normalized spacial score (nSPS) is 24.3. The lowest BCUT2D eigenvalue weighted by atomic mass is 10.1. The van der Waals surface area contributed by atoms with E-state index in [1.165, 1.54) is 14.1 Å². The van der Waals surface area contributed by atoms with Crippen molar-refractivity contribution in [1.82, 2.24) is 4.31 Å². The van der Waals surface area contributed by atoms with Crippen LogP contribution in [0.1, 0.15) is 11.7 Å². The Morgan fingerprint density at radius 1 is 1.28 bits per heavy atom. The summed E-state index contributed by atoms with van der Waals surface area (Å²) in [6, 6.07) is 9.16. The lowest BCUT2D eigenvalue weighted by Crippen LogP contribution is -2.32. The standard InChI is InChI=1S/C11H15N3O3S/c1-14(2)18(15,16)11-13-10(12)9(17-11)8-6-4-3-5-7-8/h3-7,9,11H,1-2H3,(H2,12,13). The van der Waals surface area contributed by atoms with E-state index in [1.807, 2.05) is 30.3 Å². The van der Waals surface area contributed by atoms with Crippen LogP contribution in [0.2, 0.25) is 0 Å². The number of benzene rings is 1. The Bertz CT molecular complexity index is 554. The third kappa shape index (κ3) is 2.24. The van der Waals surface area contributed by atoms with E-state index in [9.17, 15) is 8.42 Å². The van der Waals surface area contributed by atoms with Gasteiger partial charge in [0.05, 0.1) is 0 Å². The van der Waals surface area contributed by atoms with Crippen molar-refractivity contribution in [3.63, 3.8) is 0 Å². The van der Waals surface area contributed by atoms with Crippen molar-refractivity contribution in [2.24, 2.45) is 10.7 Å². The summed E-state index contributed by atoms with van der Waals surface area (Å²) in [6.45, 7) is 0. The highest BCUT2D eigenvalue weighted by molar-refractivity contribution is 7.89. The molecule has 2 unspecified atom stereocenters. The maximum atomic E-state index is 11.9. The smallest absolute Gasteiger partial charge is 0.269 e. The number of sulfonamides is 1. The molecule has 6 nitrogen and oxygen atoms in total. The summed E-state index contributed by atoms with van der Waals surface area (Å²) >= 11 is 0. The van der Waals surface area contributed by atoms with E-state index in [4.69, 9.17) is 10.5 Å². The number of hydrogen-bond donors (Lipinski definition) is 1. The third-order valence-corrected chi connectivity index (χ3v) is 4.39. The molecular weight excluding hydrogens is 254 g/mol. The number of aliphatic imine (C=N–C) groups is 1. The Labute approximate surface area is 106 Å². The Morgan fingerprint density at radius 2 is 1.89 bits per heavy atom. The van der Waals surface area contributed by atoms with Gasteiger partial charge >= 0.3 is 0 Å². The average molecular weight is 269 g/mol. The Hall–Kier alpha value is -1.44. The van der Waals surface area contributed by atoms with Gasteiger partial charge in [0.1, 0.15) is 11.9 Å². The highest BCUT2D eigenvalue weighted by Gasteiger charge is 2.38. The Kier molecular flexibility index (Phi) is 3.38. The fourth-order valence-corrected chi connectivity index (χ4v) is 2.47. The van der Waals surface area contributed by atoms with Crippen LogP contribution >= 0.6 is 0 Å². The first-order valence-electron chi connectivity index (χ1n) is 5.38.